The van der Waals surface area contributed by atoms with E-state index in [-0.39, 0.29) is 17.2 Å². The number of fused-ring (bicyclic) bond motifs is 1. The fourth-order valence-electron chi connectivity index (χ4n) is 4.80. The number of nitrogens with one attached hydrogen (secondary N) is 1. The number of carbonyl (C=O) groups excluding carboxylic acids is 2. The van der Waals surface area contributed by atoms with E-state index in [1.165, 1.54) is 23.1 Å². The van der Waals surface area contributed by atoms with Gasteiger partial charge in [0.2, 0.25) is 5.91 Å². The van der Waals surface area contributed by atoms with Crippen LogP contribution in [0.15, 0.2) is 66.7 Å². The highest BCUT2D eigenvalue weighted by Gasteiger charge is 2.34. The third-order valence-corrected chi connectivity index (χ3v) is 7.93. The average Bonchev–Trinajstić information content (AvgIpc) is 3.49. The Bertz CT molecular complexity index is 1190. The first-order valence-electron chi connectivity index (χ1n) is 12.2. The molecule has 0 bridgehead atoms. The number of nitrogens with zero attached hydrogens (tertiary/aromatic N) is 1. The fraction of sp³-hybridized carbons (Fsp3) is 0.310. The van der Waals surface area contributed by atoms with Crippen molar-refractivity contribution in [3.63, 3.8) is 0 Å². The lowest BCUT2D eigenvalue weighted by Crippen LogP contribution is -2.27. The third-order valence-electron chi connectivity index (χ3n) is 6.72. The van der Waals surface area contributed by atoms with Gasteiger partial charge in [0.05, 0.1) is 5.75 Å². The molecular formula is C29H30N2O2S. The van der Waals surface area contributed by atoms with Crippen LogP contribution in [0.2, 0.25) is 0 Å². The summed E-state index contributed by atoms with van der Waals surface area (Å²) in [6, 6.07) is 22.2. The van der Waals surface area contributed by atoms with Gasteiger partial charge in [0, 0.05) is 16.9 Å². The maximum Gasteiger partial charge on any atom is 0.255 e. The summed E-state index contributed by atoms with van der Waals surface area (Å²) in [5.74, 6) is 0.516. The van der Waals surface area contributed by atoms with Crippen LogP contribution in [0.25, 0.3) is 0 Å². The Morgan fingerprint density at radius 2 is 1.76 bits per heavy atom. The molecule has 0 aromatic heterocycles. The minimum Gasteiger partial charge on any atom is -0.322 e. The highest BCUT2D eigenvalue weighted by molar-refractivity contribution is 8.00. The molecule has 0 saturated carbocycles. The molecule has 1 fully saturated rings. The highest BCUT2D eigenvalue weighted by Crippen LogP contribution is 2.43. The van der Waals surface area contributed by atoms with Gasteiger partial charge in [-0.05, 0) is 90.8 Å². The van der Waals surface area contributed by atoms with Crippen molar-refractivity contribution in [3.05, 3.63) is 94.5 Å². The lowest BCUT2D eigenvalue weighted by Gasteiger charge is -2.25. The second-order valence-electron chi connectivity index (χ2n) is 9.11. The van der Waals surface area contributed by atoms with E-state index in [0.29, 0.717) is 11.3 Å². The lowest BCUT2D eigenvalue weighted by molar-refractivity contribution is -0.115. The molecule has 1 N–H and O–H groups in total. The summed E-state index contributed by atoms with van der Waals surface area (Å²) >= 11 is 1.65. The van der Waals surface area contributed by atoms with Crippen LogP contribution in [0.5, 0.6) is 0 Å². The van der Waals surface area contributed by atoms with Crippen molar-refractivity contribution in [2.45, 2.75) is 50.8 Å². The van der Waals surface area contributed by atoms with Gasteiger partial charge < -0.3 is 5.32 Å². The number of rotatable bonds is 7. The molecule has 1 heterocycles. The van der Waals surface area contributed by atoms with Gasteiger partial charge in [0.15, 0.2) is 0 Å². The van der Waals surface area contributed by atoms with Crippen molar-refractivity contribution in [3.8, 4) is 0 Å². The van der Waals surface area contributed by atoms with Crippen molar-refractivity contribution < 1.29 is 9.59 Å². The van der Waals surface area contributed by atoms with E-state index in [2.05, 4.69) is 30.4 Å². The van der Waals surface area contributed by atoms with Gasteiger partial charge in [-0.2, -0.15) is 0 Å². The quantitative estimate of drug-likeness (QED) is 0.426. The molecular weight excluding hydrogens is 440 g/mol. The molecule has 5 rings (SSSR count). The Morgan fingerprint density at radius 3 is 2.53 bits per heavy atom. The average molecular weight is 471 g/mol. The number of carbonyl (C=O) groups is 2. The van der Waals surface area contributed by atoms with Gasteiger partial charge in [0.1, 0.15) is 5.37 Å². The number of amides is 2. The van der Waals surface area contributed by atoms with Crippen LogP contribution in [-0.2, 0) is 24.1 Å². The van der Waals surface area contributed by atoms with Gasteiger partial charge in [0.25, 0.3) is 5.91 Å². The summed E-state index contributed by atoms with van der Waals surface area (Å²) in [5.41, 5.74) is 7.51. The summed E-state index contributed by atoms with van der Waals surface area (Å²) in [5, 5.41) is 2.94. The Labute approximate surface area is 205 Å². The standard InChI is InChI=1S/C29H30N2O2S/c1-2-3-5-20-8-10-22(11-9-20)28(33)30-25-15-12-23(13-16-25)29-31(27(32)19-34-29)26-17-14-21-6-4-7-24(21)18-26/h8-18,29H,2-7,19H2,1H3,(H,30,33)/t29-/m1/s1. The van der Waals surface area contributed by atoms with Gasteiger partial charge in [-0.15, -0.1) is 11.8 Å². The zero-order chi connectivity index (χ0) is 23.5. The first-order chi connectivity index (χ1) is 16.6. The van der Waals surface area contributed by atoms with Crippen LogP contribution in [-0.4, -0.2) is 17.6 Å². The smallest absolute Gasteiger partial charge is 0.255 e. The third kappa shape index (κ3) is 4.76. The van der Waals surface area contributed by atoms with Crippen LogP contribution in [0.3, 0.4) is 0 Å². The zero-order valence-electron chi connectivity index (χ0n) is 19.5. The number of anilines is 2. The molecule has 1 aliphatic heterocycles. The Hall–Kier alpha value is -3.05. The number of unbranched alkanes of at least 4 members (excludes halogenated alkanes) is 1. The van der Waals surface area contributed by atoms with Crippen molar-refractivity contribution in [2.24, 2.45) is 0 Å². The first kappa shape index (κ1) is 22.7. The summed E-state index contributed by atoms with van der Waals surface area (Å²) < 4.78 is 0. The van der Waals surface area contributed by atoms with E-state index >= 15 is 0 Å². The predicted molar refractivity (Wildman–Crippen MR) is 141 cm³/mol. The van der Waals surface area contributed by atoms with Crippen molar-refractivity contribution in [1.29, 1.82) is 0 Å². The molecule has 5 heteroatoms. The molecule has 0 unspecified atom stereocenters. The van der Waals surface area contributed by atoms with E-state index < -0.39 is 0 Å². The van der Waals surface area contributed by atoms with E-state index in [1.807, 2.05) is 53.4 Å². The number of hydrogen-bond acceptors (Lipinski definition) is 3. The molecule has 2 aliphatic rings. The molecule has 3 aromatic rings. The Morgan fingerprint density at radius 1 is 1.00 bits per heavy atom. The molecule has 1 saturated heterocycles. The molecule has 0 radical (unpaired) electrons. The van der Waals surface area contributed by atoms with E-state index in [1.54, 1.807) is 11.8 Å². The SMILES string of the molecule is CCCCc1ccc(C(=O)Nc2ccc([C@H]3SCC(=O)N3c3ccc4c(c3)CCC4)cc2)cc1. The largest absolute Gasteiger partial charge is 0.322 e. The van der Waals surface area contributed by atoms with E-state index in [9.17, 15) is 9.59 Å². The van der Waals surface area contributed by atoms with Gasteiger partial charge in [-0.1, -0.05) is 43.7 Å². The molecule has 3 aromatic carbocycles. The lowest BCUT2D eigenvalue weighted by atomic mass is 10.1. The molecule has 34 heavy (non-hydrogen) atoms. The van der Waals surface area contributed by atoms with Crippen molar-refractivity contribution >= 4 is 35.0 Å². The maximum atomic E-state index is 12.8. The van der Waals surface area contributed by atoms with Gasteiger partial charge in [-0.3, -0.25) is 14.5 Å². The minimum absolute atomic E-state index is 0.0487. The number of benzene rings is 3. The molecule has 174 valence electrons. The number of thioether (sulfide) groups is 1. The number of aryl methyl sites for hydroxylation is 3. The zero-order valence-corrected chi connectivity index (χ0v) is 20.4. The summed E-state index contributed by atoms with van der Waals surface area (Å²) in [6.07, 6.45) is 6.80. The van der Waals surface area contributed by atoms with Crippen LogP contribution in [0, 0.1) is 0 Å². The Kier molecular flexibility index (Phi) is 6.73. The van der Waals surface area contributed by atoms with E-state index in [4.69, 9.17) is 0 Å². The molecule has 2 amide bonds. The number of hydrogen-bond donors (Lipinski definition) is 1. The monoisotopic (exact) mass is 470 g/mol. The highest BCUT2D eigenvalue weighted by atomic mass is 32.2. The molecule has 4 nitrogen and oxygen atoms in total. The molecule has 1 aliphatic carbocycles. The second kappa shape index (κ2) is 10.1. The van der Waals surface area contributed by atoms with Crippen LogP contribution < -0.4 is 10.2 Å². The first-order valence-corrected chi connectivity index (χ1v) is 13.2. The van der Waals surface area contributed by atoms with Crippen LogP contribution in [0.1, 0.15) is 64.2 Å². The fourth-order valence-corrected chi connectivity index (χ4v) is 5.97. The molecule has 1 atom stereocenters. The van der Waals surface area contributed by atoms with Crippen molar-refractivity contribution in [2.75, 3.05) is 16.0 Å². The van der Waals surface area contributed by atoms with E-state index in [0.717, 1.165) is 49.0 Å². The minimum atomic E-state index is -0.111. The normalized spacial score (nSPS) is 17.1. The predicted octanol–water partition coefficient (Wildman–Crippen LogP) is 6.55. The van der Waals surface area contributed by atoms with Crippen molar-refractivity contribution in [1.82, 2.24) is 0 Å². The second-order valence-corrected chi connectivity index (χ2v) is 10.2. The Balaban J connectivity index is 1.27. The topological polar surface area (TPSA) is 49.4 Å². The van der Waals surface area contributed by atoms with Crippen LogP contribution >= 0.6 is 11.8 Å². The summed E-state index contributed by atoms with van der Waals surface area (Å²) in [6.45, 7) is 2.18. The molecule has 0 spiro atoms. The van der Waals surface area contributed by atoms with Crippen LogP contribution in [0.4, 0.5) is 11.4 Å². The van der Waals surface area contributed by atoms with Gasteiger partial charge in [-0.25, -0.2) is 0 Å². The maximum absolute atomic E-state index is 12.8. The summed E-state index contributed by atoms with van der Waals surface area (Å²) in [4.78, 5) is 27.4. The summed E-state index contributed by atoms with van der Waals surface area (Å²) in [7, 11) is 0. The van der Waals surface area contributed by atoms with Gasteiger partial charge >= 0.3 is 0 Å².